The topological polar surface area (TPSA) is 24.9 Å². The first-order valence-corrected chi connectivity index (χ1v) is 9.45. The molecule has 128 valence electrons. The molecule has 0 aromatic heterocycles. The van der Waals surface area contributed by atoms with Crippen LogP contribution in [-0.4, -0.2) is 49.0 Å². The predicted molar refractivity (Wildman–Crippen MR) is 101 cm³/mol. The third-order valence-corrected chi connectivity index (χ3v) is 6.00. The molecule has 0 spiro atoms. The zero-order valence-electron chi connectivity index (χ0n) is 14.0. The van der Waals surface area contributed by atoms with Crippen molar-refractivity contribution in [2.45, 2.75) is 9.79 Å². The van der Waals surface area contributed by atoms with E-state index in [4.69, 9.17) is 9.47 Å². The van der Waals surface area contributed by atoms with Gasteiger partial charge in [0.1, 0.15) is 11.5 Å². The number of methoxy groups -OCH3 is 2. The second-order valence-electron chi connectivity index (χ2n) is 5.39. The predicted octanol–water partition coefficient (Wildman–Crippen LogP) is 4.04. The van der Waals surface area contributed by atoms with Crippen LogP contribution in [0.3, 0.4) is 0 Å². The fraction of sp³-hybridized carbons (Fsp3) is 0.333. The first-order valence-electron chi connectivity index (χ1n) is 7.91. The lowest BCUT2D eigenvalue weighted by atomic mass is 10.3. The lowest BCUT2D eigenvalue weighted by Gasteiger charge is -2.32. The van der Waals surface area contributed by atoms with Crippen LogP contribution in [0.2, 0.25) is 0 Å². The van der Waals surface area contributed by atoms with Crippen molar-refractivity contribution in [2.24, 2.45) is 0 Å². The van der Waals surface area contributed by atoms with E-state index in [2.05, 4.69) is 32.9 Å². The quantitative estimate of drug-likeness (QED) is 0.720. The number of rotatable bonds is 6. The molecule has 1 aliphatic rings. The maximum atomic E-state index is 5.20. The highest BCUT2D eigenvalue weighted by Crippen LogP contribution is 2.29. The first kappa shape index (κ1) is 17.5. The summed E-state index contributed by atoms with van der Waals surface area (Å²) in [6.45, 7) is 4.22. The normalized spacial score (nSPS) is 16.1. The summed E-state index contributed by atoms with van der Waals surface area (Å²) < 4.78 is 15.3. The van der Waals surface area contributed by atoms with Crippen molar-refractivity contribution >= 4 is 23.9 Å². The zero-order chi connectivity index (χ0) is 16.8. The van der Waals surface area contributed by atoms with Crippen LogP contribution in [0.15, 0.2) is 58.3 Å². The van der Waals surface area contributed by atoms with Crippen LogP contribution in [0.4, 0.5) is 0 Å². The molecule has 1 fully saturated rings. The SMILES string of the molecule is COc1ccc(SN2CCN(Sc3ccc(OC)cc3)CC2)cc1. The van der Waals surface area contributed by atoms with E-state index in [0.29, 0.717) is 0 Å². The summed E-state index contributed by atoms with van der Waals surface area (Å²) in [5.74, 6) is 1.81. The highest BCUT2D eigenvalue weighted by atomic mass is 32.2. The Morgan fingerprint density at radius 1 is 0.625 bits per heavy atom. The summed E-state index contributed by atoms with van der Waals surface area (Å²) >= 11 is 3.64. The molecule has 3 rings (SSSR count). The second-order valence-corrected chi connectivity index (χ2v) is 7.73. The minimum absolute atomic E-state index is 0.903. The highest BCUT2D eigenvalue weighted by molar-refractivity contribution is 7.97. The van der Waals surface area contributed by atoms with Crippen molar-refractivity contribution in [3.05, 3.63) is 48.5 Å². The van der Waals surface area contributed by atoms with Gasteiger partial charge in [0, 0.05) is 36.0 Å². The molecular formula is C18H22N2O2S2. The van der Waals surface area contributed by atoms with Crippen LogP contribution in [-0.2, 0) is 0 Å². The van der Waals surface area contributed by atoms with E-state index in [9.17, 15) is 0 Å². The molecule has 6 heteroatoms. The zero-order valence-corrected chi connectivity index (χ0v) is 15.6. The van der Waals surface area contributed by atoms with E-state index in [-0.39, 0.29) is 0 Å². The van der Waals surface area contributed by atoms with Gasteiger partial charge >= 0.3 is 0 Å². The van der Waals surface area contributed by atoms with Crippen LogP contribution in [0.25, 0.3) is 0 Å². The molecule has 0 aliphatic carbocycles. The van der Waals surface area contributed by atoms with E-state index in [1.165, 1.54) is 9.79 Å². The minimum Gasteiger partial charge on any atom is -0.497 e. The summed E-state index contributed by atoms with van der Waals surface area (Å²) in [6, 6.07) is 16.5. The third kappa shape index (κ3) is 4.83. The molecule has 0 amide bonds. The van der Waals surface area contributed by atoms with Gasteiger partial charge in [0.05, 0.1) is 14.2 Å². The molecule has 2 aromatic rings. The van der Waals surface area contributed by atoms with Crippen molar-refractivity contribution in [3.8, 4) is 11.5 Å². The molecule has 0 bridgehead atoms. The summed E-state index contributed by atoms with van der Waals surface area (Å²) in [5.41, 5.74) is 0. The van der Waals surface area contributed by atoms with Crippen molar-refractivity contribution < 1.29 is 9.47 Å². The average molecular weight is 363 g/mol. The van der Waals surface area contributed by atoms with E-state index in [1.54, 1.807) is 14.2 Å². The van der Waals surface area contributed by atoms with Crippen LogP contribution >= 0.6 is 23.9 Å². The number of nitrogens with zero attached hydrogens (tertiary/aromatic N) is 2. The molecule has 0 unspecified atom stereocenters. The molecule has 1 aliphatic heterocycles. The van der Waals surface area contributed by atoms with Gasteiger partial charge in [-0.3, -0.25) is 0 Å². The Morgan fingerprint density at radius 3 is 1.25 bits per heavy atom. The monoisotopic (exact) mass is 362 g/mol. The third-order valence-electron chi connectivity index (χ3n) is 3.79. The lowest BCUT2D eigenvalue weighted by Crippen LogP contribution is -2.39. The number of benzene rings is 2. The number of hydrogen-bond donors (Lipinski definition) is 0. The van der Waals surface area contributed by atoms with Gasteiger partial charge in [0.15, 0.2) is 0 Å². The van der Waals surface area contributed by atoms with E-state index >= 15 is 0 Å². The molecule has 2 aromatic carbocycles. The molecule has 0 atom stereocenters. The second kappa shape index (κ2) is 8.67. The maximum absolute atomic E-state index is 5.20. The summed E-state index contributed by atoms with van der Waals surface area (Å²) in [6.07, 6.45) is 0. The van der Waals surface area contributed by atoms with Gasteiger partial charge in [0.25, 0.3) is 0 Å². The van der Waals surface area contributed by atoms with Gasteiger partial charge in [-0.05, 0) is 72.4 Å². The van der Waals surface area contributed by atoms with Crippen molar-refractivity contribution in [1.29, 1.82) is 0 Å². The van der Waals surface area contributed by atoms with Gasteiger partial charge in [-0.1, -0.05) is 0 Å². The van der Waals surface area contributed by atoms with Crippen LogP contribution in [0, 0.1) is 0 Å². The molecule has 1 heterocycles. The van der Waals surface area contributed by atoms with E-state index in [0.717, 1.165) is 37.7 Å². The molecule has 4 nitrogen and oxygen atoms in total. The largest absolute Gasteiger partial charge is 0.497 e. The molecule has 0 N–H and O–H groups in total. The van der Waals surface area contributed by atoms with E-state index < -0.39 is 0 Å². The Labute approximate surface area is 152 Å². The Hall–Kier alpha value is -1.34. The van der Waals surface area contributed by atoms with Crippen molar-refractivity contribution in [1.82, 2.24) is 8.61 Å². The Kier molecular flexibility index (Phi) is 6.31. The molecule has 1 saturated heterocycles. The average Bonchev–Trinajstić information content (AvgIpc) is 2.65. The van der Waals surface area contributed by atoms with Gasteiger partial charge in [-0.25, -0.2) is 8.61 Å². The fourth-order valence-corrected chi connectivity index (χ4v) is 4.23. The summed E-state index contributed by atoms with van der Waals surface area (Å²) in [5, 5.41) is 0. The van der Waals surface area contributed by atoms with Gasteiger partial charge in [-0.2, -0.15) is 0 Å². The summed E-state index contributed by atoms with van der Waals surface area (Å²) in [4.78, 5) is 2.51. The van der Waals surface area contributed by atoms with Crippen molar-refractivity contribution in [3.63, 3.8) is 0 Å². The highest BCUT2D eigenvalue weighted by Gasteiger charge is 2.18. The fourth-order valence-electron chi connectivity index (χ4n) is 2.42. The molecular weight excluding hydrogens is 340 g/mol. The van der Waals surface area contributed by atoms with Crippen LogP contribution < -0.4 is 9.47 Å². The minimum atomic E-state index is 0.903. The standard InChI is InChI=1S/C18H22N2O2S2/c1-21-15-3-7-17(8-4-15)23-19-11-13-20(14-12-19)24-18-9-5-16(22-2)6-10-18/h3-10H,11-14H2,1-2H3. The Balaban J connectivity index is 1.46. The van der Waals surface area contributed by atoms with Gasteiger partial charge in [0.2, 0.25) is 0 Å². The van der Waals surface area contributed by atoms with E-state index in [1.807, 2.05) is 48.2 Å². The molecule has 0 saturated carbocycles. The van der Waals surface area contributed by atoms with Gasteiger partial charge < -0.3 is 9.47 Å². The van der Waals surface area contributed by atoms with Gasteiger partial charge in [-0.15, -0.1) is 0 Å². The first-order chi connectivity index (χ1) is 11.8. The smallest absolute Gasteiger partial charge is 0.118 e. The Morgan fingerprint density at radius 2 is 0.958 bits per heavy atom. The molecule has 24 heavy (non-hydrogen) atoms. The van der Waals surface area contributed by atoms with Crippen molar-refractivity contribution in [2.75, 3.05) is 40.4 Å². The van der Waals surface area contributed by atoms with Crippen LogP contribution in [0.1, 0.15) is 0 Å². The maximum Gasteiger partial charge on any atom is 0.118 e. The lowest BCUT2D eigenvalue weighted by molar-refractivity contribution is 0.308. The molecule has 0 radical (unpaired) electrons. The number of hydrogen-bond acceptors (Lipinski definition) is 6. The number of ether oxygens (including phenoxy) is 2. The summed E-state index contributed by atoms with van der Waals surface area (Å²) in [7, 11) is 3.39. The Bertz CT molecular complexity index is 569. The van der Waals surface area contributed by atoms with Crippen LogP contribution in [0.5, 0.6) is 11.5 Å². The number of piperazine rings is 1.